The Kier molecular flexibility index (Phi) is 5.49. The summed E-state index contributed by atoms with van der Waals surface area (Å²) in [6, 6.07) is 17.7. The van der Waals surface area contributed by atoms with Crippen molar-refractivity contribution in [1.82, 2.24) is 15.3 Å². The average Bonchev–Trinajstić information content (AvgIpc) is 3.32. The molecular weight excluding hydrogens is 382 g/mol. The number of rotatable bonds is 6. The zero-order chi connectivity index (χ0) is 20.9. The topological polar surface area (TPSA) is 123 Å². The second-order valence-electron chi connectivity index (χ2n) is 6.57. The van der Waals surface area contributed by atoms with Crippen molar-refractivity contribution in [3.05, 3.63) is 90.3 Å². The molecule has 0 bridgehead atoms. The summed E-state index contributed by atoms with van der Waals surface area (Å²) >= 11 is 0. The summed E-state index contributed by atoms with van der Waals surface area (Å²) in [5, 5.41) is 6.57. The molecule has 0 aliphatic rings. The van der Waals surface area contributed by atoms with Crippen LogP contribution in [0.3, 0.4) is 0 Å². The van der Waals surface area contributed by atoms with Gasteiger partial charge >= 0.3 is 5.91 Å². The summed E-state index contributed by atoms with van der Waals surface area (Å²) in [5.74, 6) is -0.831. The Balaban J connectivity index is 1.50. The molecule has 0 aliphatic carbocycles. The second kappa shape index (κ2) is 8.54. The number of oxazole rings is 1. The maximum Gasteiger partial charge on any atom is 0.311 e. The van der Waals surface area contributed by atoms with Crippen LogP contribution in [-0.4, -0.2) is 28.3 Å². The van der Waals surface area contributed by atoms with Crippen LogP contribution in [0.1, 0.15) is 32.8 Å². The van der Waals surface area contributed by atoms with E-state index in [9.17, 15) is 9.59 Å². The lowest BCUT2D eigenvalue weighted by Gasteiger charge is -2.18. The van der Waals surface area contributed by atoms with Gasteiger partial charge in [0.1, 0.15) is 12.0 Å². The van der Waals surface area contributed by atoms with Gasteiger partial charge in [-0.25, -0.2) is 9.97 Å². The van der Waals surface area contributed by atoms with E-state index in [-0.39, 0.29) is 18.3 Å². The Hall–Kier alpha value is -4.04. The molecule has 4 rings (SSSR count). The van der Waals surface area contributed by atoms with Crippen LogP contribution in [0.15, 0.2) is 77.5 Å². The number of para-hydroxylation sites is 1. The molecule has 0 fully saturated rings. The normalized spacial score (nSPS) is 11.8. The lowest BCUT2D eigenvalue weighted by atomic mass is 10.1. The van der Waals surface area contributed by atoms with E-state index in [0.717, 1.165) is 16.5 Å². The number of aromatic nitrogens is 2. The maximum absolute atomic E-state index is 12.7. The van der Waals surface area contributed by atoms with Gasteiger partial charge in [0.05, 0.1) is 17.8 Å². The largest absolute Gasteiger partial charge is 0.441 e. The second-order valence-corrected chi connectivity index (χ2v) is 6.57. The lowest BCUT2D eigenvalue weighted by Crippen LogP contribution is -2.33. The van der Waals surface area contributed by atoms with Crippen molar-refractivity contribution in [2.24, 2.45) is 5.73 Å². The van der Waals surface area contributed by atoms with Crippen LogP contribution in [0, 0.1) is 0 Å². The minimum Gasteiger partial charge on any atom is -0.441 e. The van der Waals surface area contributed by atoms with Crippen LogP contribution in [0.25, 0.3) is 10.9 Å². The third-order valence-electron chi connectivity index (χ3n) is 4.55. The first-order valence-electron chi connectivity index (χ1n) is 9.31. The molecule has 2 heterocycles. The molecule has 2 amide bonds. The Bertz CT molecular complexity index is 1190. The number of nitrogens with one attached hydrogen (secondary N) is 2. The van der Waals surface area contributed by atoms with Gasteiger partial charge in [0.15, 0.2) is 0 Å². The third-order valence-corrected chi connectivity index (χ3v) is 4.55. The Morgan fingerprint density at radius 2 is 1.90 bits per heavy atom. The summed E-state index contributed by atoms with van der Waals surface area (Å²) in [6.45, 7) is 0.177. The van der Waals surface area contributed by atoms with Crippen LogP contribution in [0.5, 0.6) is 0 Å². The Labute approximate surface area is 172 Å². The zero-order valence-corrected chi connectivity index (χ0v) is 15.9. The molecule has 0 saturated carbocycles. The summed E-state index contributed by atoms with van der Waals surface area (Å²) in [6.07, 6.45) is 2.72. The van der Waals surface area contributed by atoms with E-state index in [1.807, 2.05) is 36.4 Å². The third kappa shape index (κ3) is 4.18. The fourth-order valence-corrected chi connectivity index (χ4v) is 3.06. The molecule has 150 valence electrons. The number of pyridine rings is 1. The minimum atomic E-state index is -0.467. The molecule has 0 aliphatic heterocycles. The highest BCUT2D eigenvalue weighted by Crippen LogP contribution is 2.19. The monoisotopic (exact) mass is 401 g/mol. The number of fused-ring (bicyclic) bond motifs is 1. The summed E-state index contributed by atoms with van der Waals surface area (Å²) in [7, 11) is 0. The Morgan fingerprint density at radius 3 is 2.70 bits per heavy atom. The number of hydrogen-bond acceptors (Lipinski definition) is 6. The van der Waals surface area contributed by atoms with Crippen molar-refractivity contribution in [3.8, 4) is 0 Å². The quantitative estimate of drug-likeness (QED) is 0.456. The fourth-order valence-electron chi connectivity index (χ4n) is 3.06. The number of anilines is 1. The predicted molar refractivity (Wildman–Crippen MR) is 112 cm³/mol. The van der Waals surface area contributed by atoms with Crippen LogP contribution in [-0.2, 0) is 0 Å². The van der Waals surface area contributed by atoms with E-state index in [1.54, 1.807) is 24.3 Å². The molecule has 0 saturated heterocycles. The molecule has 30 heavy (non-hydrogen) atoms. The highest BCUT2D eigenvalue weighted by Gasteiger charge is 2.17. The van der Waals surface area contributed by atoms with Gasteiger partial charge in [-0.3, -0.25) is 9.59 Å². The molecule has 8 nitrogen and oxygen atoms in total. The highest BCUT2D eigenvalue weighted by atomic mass is 16.3. The SMILES string of the molecule is NCC(NC(=O)c1ccc2ccccc2n1)c1cccc(NC(=O)c2ncco2)c1. The Morgan fingerprint density at radius 1 is 1.03 bits per heavy atom. The minimum absolute atomic E-state index is 0.0357. The van der Waals surface area contributed by atoms with Crippen molar-refractivity contribution < 1.29 is 14.0 Å². The van der Waals surface area contributed by atoms with Crippen LogP contribution in [0.2, 0.25) is 0 Å². The molecule has 4 aromatic rings. The van der Waals surface area contributed by atoms with Gasteiger partial charge in [-0.05, 0) is 29.8 Å². The van der Waals surface area contributed by atoms with Crippen LogP contribution < -0.4 is 16.4 Å². The van der Waals surface area contributed by atoms with E-state index >= 15 is 0 Å². The molecule has 2 aromatic heterocycles. The van der Waals surface area contributed by atoms with Gasteiger partial charge in [-0.2, -0.15) is 0 Å². The summed E-state index contributed by atoms with van der Waals surface area (Å²) in [4.78, 5) is 33.1. The average molecular weight is 401 g/mol. The van der Waals surface area contributed by atoms with Gasteiger partial charge < -0.3 is 20.8 Å². The van der Waals surface area contributed by atoms with E-state index < -0.39 is 11.9 Å². The molecule has 2 aromatic carbocycles. The number of carbonyl (C=O) groups excluding carboxylic acids is 2. The molecule has 0 spiro atoms. The standard InChI is InChI=1S/C22H19N5O3/c23-13-19(27-20(28)18-9-8-14-4-1-2-7-17(14)26-18)15-5-3-6-16(12-15)25-21(29)22-24-10-11-30-22/h1-12,19H,13,23H2,(H,25,29)(H,27,28). The first-order chi connectivity index (χ1) is 14.6. The molecule has 1 unspecified atom stereocenters. The van der Waals surface area contributed by atoms with E-state index in [2.05, 4.69) is 20.6 Å². The number of benzene rings is 2. The van der Waals surface area contributed by atoms with Crippen molar-refractivity contribution in [2.45, 2.75) is 6.04 Å². The van der Waals surface area contributed by atoms with E-state index in [4.69, 9.17) is 10.2 Å². The first-order valence-corrected chi connectivity index (χ1v) is 9.31. The fraction of sp³-hybridized carbons (Fsp3) is 0.0909. The maximum atomic E-state index is 12.7. The number of nitrogens with zero attached hydrogens (tertiary/aromatic N) is 2. The summed E-state index contributed by atoms with van der Waals surface area (Å²) in [5.41, 5.74) is 8.23. The number of nitrogens with two attached hydrogens (primary N) is 1. The zero-order valence-electron chi connectivity index (χ0n) is 15.9. The van der Waals surface area contributed by atoms with Gasteiger partial charge in [0, 0.05) is 17.6 Å². The number of amides is 2. The van der Waals surface area contributed by atoms with Gasteiger partial charge in [0.2, 0.25) is 0 Å². The van der Waals surface area contributed by atoms with Crippen molar-refractivity contribution in [3.63, 3.8) is 0 Å². The number of hydrogen-bond donors (Lipinski definition) is 3. The van der Waals surface area contributed by atoms with E-state index in [0.29, 0.717) is 11.4 Å². The van der Waals surface area contributed by atoms with Gasteiger partial charge in [-0.15, -0.1) is 0 Å². The van der Waals surface area contributed by atoms with Gasteiger partial charge in [0.25, 0.3) is 11.8 Å². The number of carbonyl (C=O) groups is 2. The lowest BCUT2D eigenvalue weighted by molar-refractivity contribution is 0.0932. The molecule has 0 radical (unpaired) electrons. The van der Waals surface area contributed by atoms with Crippen LogP contribution in [0.4, 0.5) is 5.69 Å². The summed E-state index contributed by atoms with van der Waals surface area (Å²) < 4.78 is 4.99. The van der Waals surface area contributed by atoms with Crippen molar-refractivity contribution in [2.75, 3.05) is 11.9 Å². The molecule has 8 heteroatoms. The molecule has 1 atom stereocenters. The molecular formula is C22H19N5O3. The van der Waals surface area contributed by atoms with Crippen molar-refractivity contribution >= 4 is 28.4 Å². The predicted octanol–water partition coefficient (Wildman–Crippen LogP) is 2.90. The first kappa shape index (κ1) is 19.3. The van der Waals surface area contributed by atoms with E-state index in [1.165, 1.54) is 12.5 Å². The van der Waals surface area contributed by atoms with Crippen molar-refractivity contribution in [1.29, 1.82) is 0 Å². The smallest absolute Gasteiger partial charge is 0.311 e. The molecule has 4 N–H and O–H groups in total. The highest BCUT2D eigenvalue weighted by molar-refractivity contribution is 6.01. The van der Waals surface area contributed by atoms with Gasteiger partial charge in [-0.1, -0.05) is 36.4 Å². The van der Waals surface area contributed by atoms with Crippen LogP contribution >= 0.6 is 0 Å².